The van der Waals surface area contributed by atoms with Crippen LogP contribution in [0.25, 0.3) is 10.7 Å². The number of methoxy groups -OCH3 is 1. The predicted molar refractivity (Wildman–Crippen MR) is 87.4 cm³/mol. The van der Waals surface area contributed by atoms with Gasteiger partial charge in [0, 0.05) is 12.8 Å². The summed E-state index contributed by atoms with van der Waals surface area (Å²) >= 11 is 1.56. The van der Waals surface area contributed by atoms with Crippen LogP contribution < -0.4 is 5.32 Å². The maximum Gasteiger partial charge on any atom is 0.250 e. The van der Waals surface area contributed by atoms with Gasteiger partial charge in [-0.3, -0.25) is 4.79 Å². The monoisotopic (exact) mass is 329 g/mol. The van der Waals surface area contributed by atoms with Gasteiger partial charge in [-0.1, -0.05) is 29.4 Å². The third kappa shape index (κ3) is 3.82. The van der Waals surface area contributed by atoms with Crippen molar-refractivity contribution in [1.82, 2.24) is 10.1 Å². The van der Waals surface area contributed by atoms with E-state index in [0.29, 0.717) is 23.8 Å². The first-order valence-corrected chi connectivity index (χ1v) is 7.87. The maximum atomic E-state index is 11.7. The van der Waals surface area contributed by atoms with Crippen molar-refractivity contribution in [2.24, 2.45) is 0 Å². The zero-order chi connectivity index (χ0) is 16.1. The SMILES string of the molecule is COCC(=O)Nc1ccccc1Cc1nc(-c2cccs2)no1. The lowest BCUT2D eigenvalue weighted by atomic mass is 10.1. The molecule has 1 N–H and O–H groups in total. The van der Waals surface area contributed by atoms with E-state index in [1.54, 1.807) is 11.3 Å². The highest BCUT2D eigenvalue weighted by Crippen LogP contribution is 2.23. The lowest BCUT2D eigenvalue weighted by Gasteiger charge is -2.09. The number of carbonyl (C=O) groups is 1. The number of nitrogens with zero attached hydrogens (tertiary/aromatic N) is 2. The van der Waals surface area contributed by atoms with Gasteiger partial charge in [0.15, 0.2) is 0 Å². The third-order valence-corrected chi connectivity index (χ3v) is 3.98. The summed E-state index contributed by atoms with van der Waals surface area (Å²) in [5, 5.41) is 8.77. The van der Waals surface area contributed by atoms with E-state index in [-0.39, 0.29) is 12.5 Å². The second kappa shape index (κ2) is 7.17. The van der Waals surface area contributed by atoms with Crippen LogP contribution in [0, 0.1) is 0 Å². The number of carbonyl (C=O) groups excluding carboxylic acids is 1. The summed E-state index contributed by atoms with van der Waals surface area (Å²) in [5.74, 6) is 0.877. The molecule has 0 bridgehead atoms. The number of para-hydroxylation sites is 1. The lowest BCUT2D eigenvalue weighted by Crippen LogP contribution is -2.18. The molecule has 118 valence electrons. The van der Waals surface area contributed by atoms with Gasteiger partial charge in [-0.25, -0.2) is 0 Å². The normalized spacial score (nSPS) is 10.7. The Morgan fingerprint density at radius 3 is 2.96 bits per heavy atom. The molecular weight excluding hydrogens is 314 g/mol. The van der Waals surface area contributed by atoms with Gasteiger partial charge in [-0.2, -0.15) is 4.98 Å². The minimum atomic E-state index is -0.204. The van der Waals surface area contributed by atoms with Crippen LogP contribution in [0.3, 0.4) is 0 Å². The number of nitrogens with one attached hydrogen (secondary N) is 1. The topological polar surface area (TPSA) is 77.2 Å². The first kappa shape index (κ1) is 15.4. The standard InChI is InChI=1S/C16H15N3O3S/c1-21-10-14(20)17-12-6-3-2-5-11(12)9-15-18-16(19-22-15)13-7-4-8-23-13/h2-8H,9-10H2,1H3,(H,17,20). The molecule has 6 nitrogen and oxygen atoms in total. The highest BCUT2D eigenvalue weighted by Gasteiger charge is 2.13. The van der Waals surface area contributed by atoms with E-state index in [0.717, 1.165) is 10.4 Å². The van der Waals surface area contributed by atoms with Crippen LogP contribution in [0.4, 0.5) is 5.69 Å². The van der Waals surface area contributed by atoms with Gasteiger partial charge in [0.25, 0.3) is 0 Å². The molecule has 3 rings (SSSR count). The summed E-state index contributed by atoms with van der Waals surface area (Å²) in [7, 11) is 1.48. The Kier molecular flexibility index (Phi) is 4.80. The van der Waals surface area contributed by atoms with Crippen LogP contribution in [0.1, 0.15) is 11.5 Å². The minimum absolute atomic E-state index is 0.0113. The number of ether oxygens (including phenoxy) is 1. The van der Waals surface area contributed by atoms with E-state index in [1.807, 2.05) is 41.8 Å². The number of hydrogen-bond acceptors (Lipinski definition) is 6. The average molecular weight is 329 g/mol. The smallest absolute Gasteiger partial charge is 0.250 e. The molecule has 0 radical (unpaired) electrons. The van der Waals surface area contributed by atoms with E-state index in [9.17, 15) is 4.79 Å². The molecule has 0 fully saturated rings. The number of thiophene rings is 1. The molecule has 3 aromatic rings. The molecule has 2 heterocycles. The van der Waals surface area contributed by atoms with Gasteiger partial charge in [-0.05, 0) is 23.1 Å². The Hall–Kier alpha value is -2.51. The van der Waals surface area contributed by atoms with Crippen LogP contribution in [-0.4, -0.2) is 29.8 Å². The first-order valence-electron chi connectivity index (χ1n) is 6.99. The summed E-state index contributed by atoms with van der Waals surface area (Å²) in [6.07, 6.45) is 0.446. The molecule has 23 heavy (non-hydrogen) atoms. The van der Waals surface area contributed by atoms with Gasteiger partial charge in [0.05, 0.1) is 11.3 Å². The average Bonchev–Trinajstić information content (AvgIpc) is 3.20. The van der Waals surface area contributed by atoms with Crippen LogP contribution in [0.15, 0.2) is 46.3 Å². The van der Waals surface area contributed by atoms with Gasteiger partial charge in [-0.15, -0.1) is 11.3 Å². The molecule has 0 aliphatic rings. The number of rotatable bonds is 6. The van der Waals surface area contributed by atoms with E-state index >= 15 is 0 Å². The Balaban J connectivity index is 1.76. The second-order valence-corrected chi connectivity index (χ2v) is 5.75. The Morgan fingerprint density at radius 1 is 1.30 bits per heavy atom. The molecule has 0 aliphatic heterocycles. The molecule has 0 aliphatic carbocycles. The highest BCUT2D eigenvalue weighted by atomic mass is 32.1. The molecule has 0 saturated carbocycles. The third-order valence-electron chi connectivity index (χ3n) is 3.12. The molecule has 1 amide bonds. The lowest BCUT2D eigenvalue weighted by molar-refractivity contribution is -0.119. The zero-order valence-electron chi connectivity index (χ0n) is 12.5. The highest BCUT2D eigenvalue weighted by molar-refractivity contribution is 7.13. The number of benzene rings is 1. The fourth-order valence-corrected chi connectivity index (χ4v) is 2.76. The Bertz CT molecular complexity index is 783. The van der Waals surface area contributed by atoms with Crippen molar-refractivity contribution in [3.8, 4) is 10.7 Å². The summed E-state index contributed by atoms with van der Waals surface area (Å²) in [6, 6.07) is 11.4. The van der Waals surface area contributed by atoms with E-state index in [2.05, 4.69) is 15.5 Å². The van der Waals surface area contributed by atoms with Crippen molar-refractivity contribution in [2.75, 3.05) is 19.0 Å². The molecule has 1 aromatic carbocycles. The van der Waals surface area contributed by atoms with Crippen LogP contribution in [0.2, 0.25) is 0 Å². The summed E-state index contributed by atoms with van der Waals surface area (Å²) in [4.78, 5) is 17.1. The van der Waals surface area contributed by atoms with E-state index in [1.165, 1.54) is 7.11 Å². The van der Waals surface area contributed by atoms with Crippen molar-refractivity contribution >= 4 is 22.9 Å². The molecule has 2 aromatic heterocycles. The minimum Gasteiger partial charge on any atom is -0.375 e. The molecule has 0 atom stereocenters. The van der Waals surface area contributed by atoms with Crippen molar-refractivity contribution in [3.05, 3.63) is 53.2 Å². The largest absolute Gasteiger partial charge is 0.375 e. The van der Waals surface area contributed by atoms with Crippen LogP contribution in [0.5, 0.6) is 0 Å². The van der Waals surface area contributed by atoms with Gasteiger partial charge in [0.1, 0.15) is 6.61 Å². The van der Waals surface area contributed by atoms with Gasteiger partial charge < -0.3 is 14.6 Å². The van der Waals surface area contributed by atoms with Crippen molar-refractivity contribution in [2.45, 2.75) is 6.42 Å². The van der Waals surface area contributed by atoms with Crippen molar-refractivity contribution < 1.29 is 14.1 Å². The number of hydrogen-bond donors (Lipinski definition) is 1. The fourth-order valence-electron chi connectivity index (χ4n) is 2.11. The number of anilines is 1. The van der Waals surface area contributed by atoms with E-state index in [4.69, 9.17) is 9.26 Å². The molecule has 0 saturated heterocycles. The Morgan fingerprint density at radius 2 is 2.17 bits per heavy atom. The Labute approximate surface area is 137 Å². The van der Waals surface area contributed by atoms with Gasteiger partial charge >= 0.3 is 0 Å². The molecular formula is C16H15N3O3S. The quantitative estimate of drug-likeness (QED) is 0.752. The molecule has 0 unspecified atom stereocenters. The van der Waals surface area contributed by atoms with Crippen LogP contribution in [-0.2, 0) is 16.0 Å². The summed E-state index contributed by atoms with van der Waals surface area (Å²) in [5.41, 5.74) is 1.61. The van der Waals surface area contributed by atoms with Crippen LogP contribution >= 0.6 is 11.3 Å². The summed E-state index contributed by atoms with van der Waals surface area (Å²) in [6.45, 7) is 0.0113. The summed E-state index contributed by atoms with van der Waals surface area (Å²) < 4.78 is 10.1. The predicted octanol–water partition coefficient (Wildman–Crippen LogP) is 2.97. The van der Waals surface area contributed by atoms with Crippen molar-refractivity contribution in [3.63, 3.8) is 0 Å². The maximum absolute atomic E-state index is 11.7. The first-order chi connectivity index (χ1) is 11.3. The molecule has 0 spiro atoms. The fraction of sp³-hybridized carbons (Fsp3) is 0.188. The number of amides is 1. The van der Waals surface area contributed by atoms with Crippen molar-refractivity contribution in [1.29, 1.82) is 0 Å². The second-order valence-electron chi connectivity index (χ2n) is 4.80. The zero-order valence-corrected chi connectivity index (χ0v) is 13.3. The number of aromatic nitrogens is 2. The molecule has 7 heteroatoms. The van der Waals surface area contributed by atoms with Gasteiger partial charge in [0.2, 0.25) is 17.6 Å². The van der Waals surface area contributed by atoms with E-state index < -0.39 is 0 Å².